The van der Waals surface area contributed by atoms with Gasteiger partial charge in [-0.25, -0.2) is 4.98 Å². The second kappa shape index (κ2) is 8.47. The van der Waals surface area contributed by atoms with E-state index in [4.69, 9.17) is 5.26 Å². The summed E-state index contributed by atoms with van der Waals surface area (Å²) < 4.78 is 0. The molecular weight excluding hydrogens is 296 g/mol. The number of nitrogens with one attached hydrogen (secondary N) is 1. The highest BCUT2D eigenvalue weighted by Gasteiger charge is 2.10. The Morgan fingerprint density at radius 3 is 2.50 bits per heavy atom. The van der Waals surface area contributed by atoms with Crippen LogP contribution in [0.5, 0.6) is 0 Å². The van der Waals surface area contributed by atoms with Gasteiger partial charge in [0.05, 0.1) is 11.6 Å². The van der Waals surface area contributed by atoms with Crippen LogP contribution in [0.1, 0.15) is 42.4 Å². The number of hydrogen-bond acceptors (Lipinski definition) is 4. The monoisotopic (exact) mass is 320 g/mol. The molecule has 0 aliphatic carbocycles. The van der Waals surface area contributed by atoms with E-state index in [1.165, 1.54) is 31.2 Å². The number of nitrogens with zero attached hydrogens (tertiary/aromatic N) is 3. The highest BCUT2D eigenvalue weighted by atomic mass is 15.2. The van der Waals surface area contributed by atoms with Crippen LogP contribution in [0.25, 0.3) is 0 Å². The fourth-order valence-electron chi connectivity index (χ4n) is 3.11. The summed E-state index contributed by atoms with van der Waals surface area (Å²) in [7, 11) is 0. The molecule has 1 saturated heterocycles. The van der Waals surface area contributed by atoms with Gasteiger partial charge >= 0.3 is 0 Å². The Bertz CT molecular complexity index is 680. The van der Waals surface area contributed by atoms with Gasteiger partial charge in [-0.2, -0.15) is 5.26 Å². The summed E-state index contributed by atoms with van der Waals surface area (Å²) in [6.45, 7) is 3.78. The minimum Gasteiger partial charge on any atom is -0.357 e. The molecule has 0 radical (unpaired) electrons. The van der Waals surface area contributed by atoms with Gasteiger partial charge in [0.15, 0.2) is 0 Å². The number of benzene rings is 1. The predicted octanol–water partition coefficient (Wildman–Crippen LogP) is 3.62. The molecule has 2 aromatic rings. The van der Waals surface area contributed by atoms with E-state index in [0.29, 0.717) is 5.56 Å². The molecule has 3 rings (SSSR count). The van der Waals surface area contributed by atoms with Gasteiger partial charge in [-0.15, -0.1) is 0 Å². The SMILES string of the molecule is N#Cc1cccc(CNCc2ccc(N3CCCCCC3)nc2)c1. The van der Waals surface area contributed by atoms with E-state index >= 15 is 0 Å². The van der Waals surface area contributed by atoms with Crippen molar-refractivity contribution in [1.82, 2.24) is 10.3 Å². The molecule has 1 aromatic carbocycles. The van der Waals surface area contributed by atoms with Crippen molar-refractivity contribution < 1.29 is 0 Å². The highest BCUT2D eigenvalue weighted by Crippen LogP contribution is 2.17. The van der Waals surface area contributed by atoms with Gasteiger partial charge in [0.25, 0.3) is 0 Å². The van der Waals surface area contributed by atoms with E-state index in [-0.39, 0.29) is 0 Å². The molecule has 124 valence electrons. The first-order valence-corrected chi connectivity index (χ1v) is 8.75. The zero-order chi connectivity index (χ0) is 16.6. The second-order valence-electron chi connectivity index (χ2n) is 6.34. The summed E-state index contributed by atoms with van der Waals surface area (Å²) in [5.74, 6) is 1.10. The van der Waals surface area contributed by atoms with Crippen molar-refractivity contribution in [3.8, 4) is 6.07 Å². The minimum absolute atomic E-state index is 0.706. The topological polar surface area (TPSA) is 52.0 Å². The maximum atomic E-state index is 8.93. The third-order valence-electron chi connectivity index (χ3n) is 4.45. The van der Waals surface area contributed by atoms with Gasteiger partial charge in [-0.3, -0.25) is 0 Å². The molecule has 0 bridgehead atoms. The molecule has 4 heteroatoms. The Balaban J connectivity index is 1.51. The number of nitriles is 1. The van der Waals surface area contributed by atoms with Crippen LogP contribution in [-0.2, 0) is 13.1 Å². The molecule has 4 nitrogen and oxygen atoms in total. The summed E-state index contributed by atoms with van der Waals surface area (Å²) in [6, 6.07) is 14.2. The predicted molar refractivity (Wildman–Crippen MR) is 96.6 cm³/mol. The molecule has 1 aliphatic rings. The van der Waals surface area contributed by atoms with Crippen molar-refractivity contribution in [2.24, 2.45) is 0 Å². The van der Waals surface area contributed by atoms with Gasteiger partial charge in [0, 0.05) is 32.4 Å². The summed E-state index contributed by atoms with van der Waals surface area (Å²) in [6.07, 6.45) is 7.19. The van der Waals surface area contributed by atoms with Crippen LogP contribution >= 0.6 is 0 Å². The lowest BCUT2D eigenvalue weighted by molar-refractivity contribution is 0.690. The maximum Gasteiger partial charge on any atom is 0.128 e. The van der Waals surface area contributed by atoms with Crippen LogP contribution in [0.2, 0.25) is 0 Å². The molecule has 0 saturated carbocycles. The zero-order valence-corrected chi connectivity index (χ0v) is 14.0. The third-order valence-corrected chi connectivity index (χ3v) is 4.45. The molecule has 0 unspecified atom stereocenters. The minimum atomic E-state index is 0.706. The van der Waals surface area contributed by atoms with Crippen LogP contribution in [0.4, 0.5) is 5.82 Å². The van der Waals surface area contributed by atoms with Crippen LogP contribution in [0.15, 0.2) is 42.6 Å². The van der Waals surface area contributed by atoms with E-state index < -0.39 is 0 Å². The third kappa shape index (κ3) is 4.56. The van der Waals surface area contributed by atoms with Crippen LogP contribution in [0.3, 0.4) is 0 Å². The molecule has 1 aromatic heterocycles. The van der Waals surface area contributed by atoms with Crippen molar-refractivity contribution in [3.05, 3.63) is 59.3 Å². The van der Waals surface area contributed by atoms with Crippen molar-refractivity contribution >= 4 is 5.82 Å². The average molecular weight is 320 g/mol. The van der Waals surface area contributed by atoms with E-state index in [1.54, 1.807) is 0 Å². The van der Waals surface area contributed by atoms with Crippen molar-refractivity contribution in [3.63, 3.8) is 0 Å². The smallest absolute Gasteiger partial charge is 0.128 e. The Hall–Kier alpha value is -2.38. The van der Waals surface area contributed by atoms with Gasteiger partial charge in [0.1, 0.15) is 5.82 Å². The first kappa shape index (κ1) is 16.5. The lowest BCUT2D eigenvalue weighted by Gasteiger charge is -2.21. The normalized spacial score (nSPS) is 14.9. The number of aromatic nitrogens is 1. The maximum absolute atomic E-state index is 8.93. The molecule has 0 amide bonds. The number of pyridine rings is 1. The Kier molecular flexibility index (Phi) is 5.81. The van der Waals surface area contributed by atoms with Crippen LogP contribution in [-0.4, -0.2) is 18.1 Å². The summed E-state index contributed by atoms with van der Waals surface area (Å²) in [5.41, 5.74) is 3.02. The van der Waals surface area contributed by atoms with E-state index in [2.05, 4.69) is 33.4 Å². The van der Waals surface area contributed by atoms with Gasteiger partial charge in [-0.05, 0) is 42.2 Å². The molecule has 24 heavy (non-hydrogen) atoms. The van der Waals surface area contributed by atoms with E-state index in [0.717, 1.165) is 37.6 Å². The van der Waals surface area contributed by atoms with Crippen molar-refractivity contribution in [2.75, 3.05) is 18.0 Å². The van der Waals surface area contributed by atoms with Gasteiger partial charge in [-0.1, -0.05) is 31.0 Å². The van der Waals surface area contributed by atoms with Crippen molar-refractivity contribution in [1.29, 1.82) is 5.26 Å². The largest absolute Gasteiger partial charge is 0.357 e. The highest BCUT2D eigenvalue weighted by molar-refractivity contribution is 5.39. The van der Waals surface area contributed by atoms with Crippen LogP contribution < -0.4 is 10.2 Å². The lowest BCUT2D eigenvalue weighted by Crippen LogP contribution is -2.24. The van der Waals surface area contributed by atoms with Crippen molar-refractivity contribution in [2.45, 2.75) is 38.8 Å². The number of anilines is 1. The zero-order valence-electron chi connectivity index (χ0n) is 14.0. The van der Waals surface area contributed by atoms with E-state index in [1.807, 2.05) is 30.5 Å². The molecule has 0 spiro atoms. The molecular formula is C20H24N4. The second-order valence-corrected chi connectivity index (χ2v) is 6.34. The lowest BCUT2D eigenvalue weighted by atomic mass is 10.1. The Morgan fingerprint density at radius 2 is 1.79 bits per heavy atom. The molecule has 1 aliphatic heterocycles. The Labute approximate surface area is 144 Å². The van der Waals surface area contributed by atoms with Gasteiger partial charge < -0.3 is 10.2 Å². The summed E-state index contributed by atoms with van der Waals surface area (Å²) in [4.78, 5) is 7.04. The fraction of sp³-hybridized carbons (Fsp3) is 0.400. The standard InChI is InChI=1S/C20H24N4/c21-13-17-6-5-7-18(12-17)14-22-15-19-8-9-20(23-16-19)24-10-3-1-2-4-11-24/h5-9,12,16,22H,1-4,10-11,14-15H2. The fourth-order valence-corrected chi connectivity index (χ4v) is 3.11. The molecule has 0 atom stereocenters. The molecule has 1 N–H and O–H groups in total. The Morgan fingerprint density at radius 1 is 1.00 bits per heavy atom. The van der Waals surface area contributed by atoms with Gasteiger partial charge in [0.2, 0.25) is 0 Å². The first-order valence-electron chi connectivity index (χ1n) is 8.75. The summed E-state index contributed by atoms with van der Waals surface area (Å²) >= 11 is 0. The number of rotatable bonds is 5. The molecule has 1 fully saturated rings. The first-order chi connectivity index (χ1) is 11.8. The van der Waals surface area contributed by atoms with Crippen LogP contribution in [0, 0.1) is 11.3 Å². The quantitative estimate of drug-likeness (QED) is 0.914. The molecule has 2 heterocycles. The van der Waals surface area contributed by atoms with E-state index in [9.17, 15) is 0 Å². The number of hydrogen-bond donors (Lipinski definition) is 1. The average Bonchev–Trinajstić information content (AvgIpc) is 2.92. The summed E-state index contributed by atoms with van der Waals surface area (Å²) in [5, 5.41) is 12.3.